The van der Waals surface area contributed by atoms with E-state index in [1.807, 2.05) is 18.7 Å². The van der Waals surface area contributed by atoms with Crippen molar-refractivity contribution in [3.8, 4) is 5.75 Å². The first kappa shape index (κ1) is 12.8. The molecule has 6 heteroatoms. The number of hydrogen-bond donors (Lipinski definition) is 1. The number of aromatic nitrogens is 1. The minimum absolute atomic E-state index is 0.159. The van der Waals surface area contributed by atoms with Gasteiger partial charge in [0, 0.05) is 29.8 Å². The van der Waals surface area contributed by atoms with Gasteiger partial charge in [-0.1, -0.05) is 0 Å². The van der Waals surface area contributed by atoms with Crippen LogP contribution in [0.1, 0.15) is 16.6 Å². The van der Waals surface area contributed by atoms with Crippen LogP contribution in [-0.2, 0) is 0 Å². The highest BCUT2D eigenvalue weighted by Gasteiger charge is 2.09. The predicted molar refractivity (Wildman–Crippen MR) is 87.8 cm³/mol. The Morgan fingerprint density at radius 1 is 1.29 bits per heavy atom. The molecule has 0 saturated carbocycles. The quantitative estimate of drug-likeness (QED) is 0.787. The van der Waals surface area contributed by atoms with Crippen molar-refractivity contribution < 1.29 is 7.85 Å². The Balaban J connectivity index is 2.50. The summed E-state index contributed by atoms with van der Waals surface area (Å²) < 4.78 is 16.7. The number of aromatic hydroxyl groups is 1. The summed E-state index contributed by atoms with van der Waals surface area (Å²) in [5, 5.41) is 18.0. The molecule has 1 heterocycles. The van der Waals surface area contributed by atoms with Crippen LogP contribution < -0.4 is 4.90 Å². The molecule has 2 rings (SSSR count). The molecule has 1 aromatic carbocycles. The lowest BCUT2D eigenvalue weighted by atomic mass is 10.2. The highest BCUT2D eigenvalue weighted by Crippen LogP contribution is 2.33. The molecule has 0 spiro atoms. The van der Waals surface area contributed by atoms with Crippen LogP contribution in [0.2, 0.25) is 0 Å². The fraction of sp³-hybridized carbons (Fsp3) is 0.267. The van der Waals surface area contributed by atoms with Crippen LogP contribution in [0.15, 0.2) is 51.2 Å². The van der Waals surface area contributed by atoms with Crippen LogP contribution in [0.5, 0.6) is 5.75 Å². The predicted octanol–water partition coefficient (Wildman–Crippen LogP) is 4.81. The van der Waals surface area contributed by atoms with Gasteiger partial charge in [0.25, 0.3) is 0 Å². The van der Waals surface area contributed by atoms with Gasteiger partial charge in [0.1, 0.15) is 11.4 Å². The third-order valence-electron chi connectivity index (χ3n) is 2.89. The van der Waals surface area contributed by atoms with Crippen LogP contribution in [-0.4, -0.2) is 23.2 Å². The van der Waals surface area contributed by atoms with Gasteiger partial charge in [-0.25, -0.2) is 4.98 Å². The van der Waals surface area contributed by atoms with E-state index in [0.717, 1.165) is 4.47 Å². The van der Waals surface area contributed by atoms with Gasteiger partial charge in [-0.2, -0.15) is 0 Å². The molecule has 0 radical (unpaired) electrons. The molecule has 0 saturated heterocycles. The summed E-state index contributed by atoms with van der Waals surface area (Å²) in [7, 11) is 0. The van der Waals surface area contributed by atoms with E-state index in [9.17, 15) is 5.11 Å². The van der Waals surface area contributed by atoms with E-state index < -0.39 is 0 Å². The van der Waals surface area contributed by atoms with Gasteiger partial charge < -0.3 is 10.0 Å². The first-order valence-electron chi connectivity index (χ1n) is 7.59. The molecule has 1 aromatic heterocycles. The van der Waals surface area contributed by atoms with Crippen molar-refractivity contribution in [3.63, 3.8) is 0 Å². The lowest BCUT2D eigenvalue weighted by Gasteiger charge is -2.22. The van der Waals surface area contributed by atoms with Gasteiger partial charge >= 0.3 is 0 Å². The fourth-order valence-electron chi connectivity index (χ4n) is 1.83. The lowest BCUT2D eigenvalue weighted by Crippen LogP contribution is -2.21. The Morgan fingerprint density at radius 3 is 2.67 bits per heavy atom. The summed E-state index contributed by atoms with van der Waals surface area (Å²) in [6, 6.07) is 4.51. The van der Waals surface area contributed by atoms with E-state index in [4.69, 9.17) is 2.74 Å². The van der Waals surface area contributed by atoms with Crippen molar-refractivity contribution >= 4 is 33.1 Å². The zero-order chi connectivity index (χ0) is 17.0. The minimum Gasteiger partial charge on any atom is -0.508 e. The molecule has 21 heavy (non-hydrogen) atoms. The number of halogens is 1. The summed E-state index contributed by atoms with van der Waals surface area (Å²) in [4.78, 5) is 6.04. The molecule has 0 fully saturated rings. The van der Waals surface area contributed by atoms with Gasteiger partial charge in [0.2, 0.25) is 0 Å². The number of phenolic OH excluding ortho intramolecular Hbond substituents is 1. The van der Waals surface area contributed by atoms with Crippen molar-refractivity contribution in [2.24, 2.45) is 10.2 Å². The van der Waals surface area contributed by atoms with Gasteiger partial charge in [-0.05, 0) is 54.0 Å². The van der Waals surface area contributed by atoms with E-state index >= 15 is 0 Å². The maximum atomic E-state index is 9.84. The Morgan fingerprint density at radius 2 is 2.05 bits per heavy atom. The number of phenols is 1. The number of rotatable bonds is 5. The molecule has 0 atom stereocenters. The topological polar surface area (TPSA) is 61.1 Å². The molecule has 2 aromatic rings. The van der Waals surface area contributed by atoms with E-state index in [-0.39, 0.29) is 23.5 Å². The highest BCUT2D eigenvalue weighted by atomic mass is 79.9. The maximum Gasteiger partial charge on any atom is 0.174 e. The number of azo groups is 1. The van der Waals surface area contributed by atoms with Crippen LogP contribution in [0.3, 0.4) is 0 Å². The minimum atomic E-state index is -0.265. The number of pyridine rings is 1. The van der Waals surface area contributed by atoms with Crippen molar-refractivity contribution in [1.29, 1.82) is 0 Å². The number of anilines is 1. The molecule has 0 unspecified atom stereocenters. The molecule has 1 N–H and O–H groups in total. The maximum absolute atomic E-state index is 9.84. The van der Waals surface area contributed by atoms with Gasteiger partial charge in [-0.3, -0.25) is 0 Å². The summed E-state index contributed by atoms with van der Waals surface area (Å²) in [5.41, 5.74) is 0.829. The van der Waals surface area contributed by atoms with Crippen LogP contribution in [0, 0.1) is 0 Å². The molecule has 0 aliphatic rings. The second kappa shape index (κ2) is 7.17. The number of hydrogen-bond acceptors (Lipinski definition) is 5. The third-order valence-corrected chi connectivity index (χ3v) is 3.36. The van der Waals surface area contributed by atoms with Gasteiger partial charge in [0.05, 0.1) is 8.43 Å². The highest BCUT2D eigenvalue weighted by molar-refractivity contribution is 9.10. The molecule has 5 nitrogen and oxygen atoms in total. The van der Waals surface area contributed by atoms with E-state index in [1.54, 1.807) is 18.3 Å². The van der Waals surface area contributed by atoms with Crippen LogP contribution in [0.25, 0.3) is 0 Å². The van der Waals surface area contributed by atoms with Crippen molar-refractivity contribution in [2.75, 3.05) is 18.0 Å². The van der Waals surface area contributed by atoms with E-state index in [0.29, 0.717) is 24.6 Å². The smallest absolute Gasteiger partial charge is 0.174 e. The molecular formula is C15H17BrN4O. The third kappa shape index (κ3) is 4.01. The van der Waals surface area contributed by atoms with E-state index in [1.165, 1.54) is 6.07 Å². The second-order valence-electron chi connectivity index (χ2n) is 4.22. The average molecular weight is 351 g/mol. The Kier molecular flexibility index (Phi) is 4.36. The SMILES string of the molecule is [2H]c1c(O)cc(N(CC)CC)c(N=Nc2ccc(Br)cn2)c1[2H]. The van der Waals surface area contributed by atoms with Gasteiger partial charge in [0.15, 0.2) is 5.82 Å². The first-order chi connectivity index (χ1) is 11.0. The molecule has 0 amide bonds. The molecular weight excluding hydrogens is 332 g/mol. The standard InChI is InChI=1S/C15H17BrN4O/c1-3-20(4-2)14-9-12(21)6-7-13(14)18-19-15-8-5-11(16)10-17-15/h5-10,21H,3-4H2,1-2H3/i6D,7D. The zero-order valence-corrected chi connectivity index (χ0v) is 13.4. The Hall–Kier alpha value is -1.95. The van der Waals surface area contributed by atoms with E-state index in [2.05, 4.69) is 31.1 Å². The molecule has 0 aliphatic heterocycles. The lowest BCUT2D eigenvalue weighted by molar-refractivity contribution is 0.475. The summed E-state index contributed by atoms with van der Waals surface area (Å²) in [6.07, 6.45) is 1.61. The molecule has 0 aliphatic carbocycles. The van der Waals surface area contributed by atoms with Gasteiger partial charge in [-0.15, -0.1) is 10.2 Å². The average Bonchev–Trinajstić information content (AvgIpc) is 2.55. The number of benzene rings is 1. The summed E-state index contributed by atoms with van der Waals surface area (Å²) >= 11 is 3.30. The fourth-order valence-corrected chi connectivity index (χ4v) is 2.07. The molecule has 110 valence electrons. The van der Waals surface area contributed by atoms with Crippen LogP contribution >= 0.6 is 15.9 Å². The summed E-state index contributed by atoms with van der Waals surface area (Å²) in [5.74, 6) is 0.162. The van der Waals surface area contributed by atoms with Crippen LogP contribution in [0.4, 0.5) is 17.2 Å². The second-order valence-corrected chi connectivity index (χ2v) is 5.14. The van der Waals surface area contributed by atoms with Crippen molar-refractivity contribution in [3.05, 3.63) is 41.0 Å². The monoisotopic (exact) mass is 350 g/mol. The van der Waals surface area contributed by atoms with Crippen molar-refractivity contribution in [2.45, 2.75) is 13.8 Å². The number of nitrogens with zero attached hydrogens (tertiary/aromatic N) is 4. The first-order valence-corrected chi connectivity index (χ1v) is 7.38. The Bertz CT molecular complexity index is 718. The molecule has 0 bridgehead atoms. The summed E-state index contributed by atoms with van der Waals surface area (Å²) in [6.45, 7) is 5.31. The van der Waals surface area contributed by atoms with Crippen molar-refractivity contribution in [1.82, 2.24) is 4.98 Å². The largest absolute Gasteiger partial charge is 0.508 e. The Labute approximate surface area is 135 Å². The normalized spacial score (nSPS) is 12.3. The zero-order valence-electron chi connectivity index (χ0n) is 13.8.